The van der Waals surface area contributed by atoms with Crippen LogP contribution < -0.4 is 5.56 Å². The summed E-state index contributed by atoms with van der Waals surface area (Å²) in [5.41, 5.74) is 0.256. The molecule has 1 heterocycles. The minimum Gasteiger partial charge on any atom is -0.481 e. The third kappa shape index (κ3) is 3.92. The normalized spacial score (nSPS) is 10.8. The molecule has 128 valence electrons. The lowest BCUT2D eigenvalue weighted by molar-refractivity contribution is -0.133. The molecule has 0 aliphatic carbocycles. The molecule has 1 aromatic carbocycles. The number of carbonyl (C=O) groups is 2. The molecule has 2 rings (SSSR count). The molecule has 1 aromatic heterocycles. The summed E-state index contributed by atoms with van der Waals surface area (Å²) in [6, 6.07) is 4.45. The van der Waals surface area contributed by atoms with Crippen molar-refractivity contribution >= 4 is 34.6 Å². The van der Waals surface area contributed by atoms with Gasteiger partial charge >= 0.3 is 11.9 Å². The van der Waals surface area contributed by atoms with Crippen LogP contribution in [0.15, 0.2) is 28.2 Å². The van der Waals surface area contributed by atoms with Gasteiger partial charge in [-0.3, -0.25) is 14.2 Å². The number of hydrogen-bond acceptors (Lipinski definition) is 7. The Labute approximate surface area is 141 Å². The molecule has 0 spiro atoms. The predicted octanol–water partition coefficient (Wildman–Crippen LogP) is 1.01. The van der Waals surface area contributed by atoms with Gasteiger partial charge < -0.3 is 14.6 Å². The van der Waals surface area contributed by atoms with Crippen molar-refractivity contribution in [2.24, 2.45) is 0 Å². The number of benzene rings is 1. The van der Waals surface area contributed by atoms with Crippen molar-refractivity contribution in [2.45, 2.75) is 11.7 Å². The van der Waals surface area contributed by atoms with Crippen LogP contribution in [0.25, 0.3) is 10.9 Å². The molecule has 9 heteroatoms. The quantitative estimate of drug-likeness (QED) is 0.447. The summed E-state index contributed by atoms with van der Waals surface area (Å²) in [5.74, 6) is -1.79. The number of carboxylic acids is 1. The molecule has 0 amide bonds. The highest BCUT2D eigenvalue weighted by Gasteiger charge is 2.15. The lowest BCUT2D eigenvalue weighted by Gasteiger charge is -2.12. The third-order valence-corrected chi connectivity index (χ3v) is 4.15. The van der Waals surface area contributed by atoms with Crippen LogP contribution in [0.3, 0.4) is 0 Å². The maximum atomic E-state index is 12.6. The number of thioether (sulfide) groups is 1. The largest absolute Gasteiger partial charge is 0.481 e. The molecule has 24 heavy (non-hydrogen) atoms. The zero-order valence-corrected chi connectivity index (χ0v) is 14.0. The van der Waals surface area contributed by atoms with E-state index in [0.29, 0.717) is 10.9 Å². The van der Waals surface area contributed by atoms with E-state index in [-0.39, 0.29) is 35.2 Å². The fourth-order valence-corrected chi connectivity index (χ4v) is 2.81. The minimum atomic E-state index is -1.02. The van der Waals surface area contributed by atoms with Crippen molar-refractivity contribution in [3.05, 3.63) is 34.1 Å². The number of methoxy groups -OCH3 is 2. The van der Waals surface area contributed by atoms with Gasteiger partial charge in [0.25, 0.3) is 5.56 Å². The molecule has 0 fully saturated rings. The van der Waals surface area contributed by atoms with E-state index in [1.54, 1.807) is 0 Å². The van der Waals surface area contributed by atoms with Gasteiger partial charge in [-0.05, 0) is 18.2 Å². The van der Waals surface area contributed by atoms with Crippen LogP contribution in [0.1, 0.15) is 10.4 Å². The van der Waals surface area contributed by atoms with Gasteiger partial charge in [-0.15, -0.1) is 0 Å². The molecule has 0 saturated carbocycles. The van der Waals surface area contributed by atoms with Crippen LogP contribution in [0.5, 0.6) is 0 Å². The summed E-state index contributed by atoms with van der Waals surface area (Å²) in [6.07, 6.45) is 0. The van der Waals surface area contributed by atoms with Gasteiger partial charge in [-0.2, -0.15) is 0 Å². The fourth-order valence-electron chi connectivity index (χ4n) is 2.06. The maximum Gasteiger partial charge on any atom is 0.337 e. The van der Waals surface area contributed by atoms with Crippen molar-refractivity contribution in [3.8, 4) is 0 Å². The van der Waals surface area contributed by atoms with Crippen LogP contribution in [-0.4, -0.2) is 53.2 Å². The minimum absolute atomic E-state index is 0.235. The second-order valence-corrected chi connectivity index (χ2v) is 5.69. The molecule has 0 saturated heterocycles. The van der Waals surface area contributed by atoms with E-state index < -0.39 is 11.9 Å². The molecule has 0 bridgehead atoms. The number of ether oxygens (including phenoxy) is 2. The van der Waals surface area contributed by atoms with Gasteiger partial charge in [0, 0.05) is 7.11 Å². The SMILES string of the molecule is COCCn1c(SCC(=O)O)nc2cc(C(=O)OC)ccc2c1=O. The van der Waals surface area contributed by atoms with Gasteiger partial charge in [0.1, 0.15) is 0 Å². The Kier molecular flexibility index (Phi) is 5.93. The van der Waals surface area contributed by atoms with Gasteiger partial charge in [-0.1, -0.05) is 11.8 Å². The van der Waals surface area contributed by atoms with Gasteiger partial charge in [0.2, 0.25) is 0 Å². The van der Waals surface area contributed by atoms with E-state index in [1.165, 1.54) is 37.0 Å². The molecule has 0 unspecified atom stereocenters. The second-order valence-electron chi connectivity index (χ2n) is 4.75. The van der Waals surface area contributed by atoms with Crippen LogP contribution in [0.4, 0.5) is 0 Å². The number of carboxylic acid groups (broad SMARTS) is 1. The van der Waals surface area contributed by atoms with Gasteiger partial charge in [0.15, 0.2) is 5.16 Å². The fraction of sp³-hybridized carbons (Fsp3) is 0.333. The van der Waals surface area contributed by atoms with E-state index in [1.807, 2.05) is 0 Å². The Bertz CT molecular complexity index is 833. The van der Waals surface area contributed by atoms with E-state index >= 15 is 0 Å². The third-order valence-electron chi connectivity index (χ3n) is 3.19. The monoisotopic (exact) mass is 352 g/mol. The average Bonchev–Trinajstić information content (AvgIpc) is 2.58. The summed E-state index contributed by atoms with van der Waals surface area (Å²) in [7, 11) is 2.77. The number of aromatic nitrogens is 2. The molecule has 0 atom stereocenters. The number of rotatable bonds is 7. The Morgan fingerprint density at radius 3 is 2.71 bits per heavy atom. The molecule has 0 radical (unpaired) electrons. The Morgan fingerprint density at radius 2 is 2.08 bits per heavy atom. The predicted molar refractivity (Wildman–Crippen MR) is 87.6 cm³/mol. The average molecular weight is 352 g/mol. The molecular weight excluding hydrogens is 336 g/mol. The van der Waals surface area contributed by atoms with Crippen LogP contribution in [0.2, 0.25) is 0 Å². The van der Waals surface area contributed by atoms with Crippen molar-refractivity contribution < 1.29 is 24.2 Å². The van der Waals surface area contributed by atoms with Crippen molar-refractivity contribution in [2.75, 3.05) is 26.6 Å². The van der Waals surface area contributed by atoms with Crippen molar-refractivity contribution in [1.29, 1.82) is 0 Å². The summed E-state index contributed by atoms with van der Waals surface area (Å²) in [4.78, 5) is 39.4. The molecule has 0 aliphatic rings. The highest BCUT2D eigenvalue weighted by Crippen LogP contribution is 2.19. The van der Waals surface area contributed by atoms with Gasteiger partial charge in [0.05, 0.1) is 42.5 Å². The number of esters is 1. The second kappa shape index (κ2) is 7.93. The number of nitrogens with zero attached hydrogens (tertiary/aromatic N) is 2. The molecule has 2 aromatic rings. The number of aliphatic carboxylic acids is 1. The highest BCUT2D eigenvalue weighted by atomic mass is 32.2. The maximum absolute atomic E-state index is 12.6. The number of hydrogen-bond donors (Lipinski definition) is 1. The van der Waals surface area contributed by atoms with Crippen LogP contribution in [0, 0.1) is 0 Å². The zero-order valence-electron chi connectivity index (χ0n) is 13.1. The van der Waals surface area contributed by atoms with E-state index in [9.17, 15) is 14.4 Å². The molecule has 0 aliphatic heterocycles. The van der Waals surface area contributed by atoms with E-state index in [4.69, 9.17) is 9.84 Å². The number of fused-ring (bicyclic) bond motifs is 1. The van der Waals surface area contributed by atoms with E-state index in [2.05, 4.69) is 9.72 Å². The van der Waals surface area contributed by atoms with Crippen molar-refractivity contribution in [3.63, 3.8) is 0 Å². The lowest BCUT2D eigenvalue weighted by atomic mass is 10.1. The first kappa shape index (κ1) is 18.0. The summed E-state index contributed by atoms with van der Waals surface area (Å²) in [5, 5.41) is 9.44. The highest BCUT2D eigenvalue weighted by molar-refractivity contribution is 7.99. The number of carbonyl (C=O) groups excluding carboxylic acids is 1. The van der Waals surface area contributed by atoms with Gasteiger partial charge in [-0.25, -0.2) is 9.78 Å². The summed E-state index contributed by atoms with van der Waals surface area (Å²) >= 11 is 0.935. The first-order chi connectivity index (χ1) is 11.5. The molecular formula is C15H16N2O6S. The standard InChI is InChI=1S/C15H16N2O6S/c1-22-6-5-17-13(20)10-4-3-9(14(21)23-2)7-11(10)16-15(17)24-8-12(18)19/h3-4,7H,5-6,8H2,1-2H3,(H,18,19). The Hall–Kier alpha value is -2.39. The van der Waals surface area contributed by atoms with Crippen LogP contribution >= 0.6 is 11.8 Å². The zero-order chi connectivity index (χ0) is 17.7. The lowest BCUT2D eigenvalue weighted by Crippen LogP contribution is -2.25. The summed E-state index contributed by atoms with van der Waals surface area (Å²) in [6.45, 7) is 0.535. The topological polar surface area (TPSA) is 108 Å². The molecule has 1 N–H and O–H groups in total. The summed E-state index contributed by atoms with van der Waals surface area (Å²) < 4.78 is 11.0. The Balaban J connectivity index is 2.58. The first-order valence-corrected chi connectivity index (χ1v) is 7.93. The Morgan fingerprint density at radius 1 is 1.33 bits per heavy atom. The van der Waals surface area contributed by atoms with Crippen LogP contribution in [-0.2, 0) is 20.8 Å². The smallest absolute Gasteiger partial charge is 0.337 e. The van der Waals surface area contributed by atoms with E-state index in [0.717, 1.165) is 11.8 Å². The molecule has 8 nitrogen and oxygen atoms in total. The van der Waals surface area contributed by atoms with Crippen molar-refractivity contribution in [1.82, 2.24) is 9.55 Å². The first-order valence-electron chi connectivity index (χ1n) is 6.94.